The molecule has 0 amide bonds. The molecule has 0 radical (unpaired) electrons. The second-order valence-corrected chi connectivity index (χ2v) is 1.70. The minimum absolute atomic E-state index is 0.386. The van der Waals surface area contributed by atoms with Crippen molar-refractivity contribution in [2.24, 2.45) is 0 Å². The summed E-state index contributed by atoms with van der Waals surface area (Å²) in [4.78, 5) is 0. The lowest BCUT2D eigenvalue weighted by atomic mass is 10.3. The molecule has 1 unspecified atom stereocenters. The first-order chi connectivity index (χ1) is 3.77. The molecule has 0 bridgehead atoms. The van der Waals surface area contributed by atoms with Crippen molar-refractivity contribution in [2.45, 2.75) is 13.0 Å². The van der Waals surface area contributed by atoms with E-state index in [1.165, 1.54) is 5.54 Å². The van der Waals surface area contributed by atoms with Crippen molar-refractivity contribution in [3.05, 3.63) is 23.8 Å². The Labute approximate surface area is 54.3 Å². The van der Waals surface area contributed by atoms with Crippen molar-refractivity contribution in [1.29, 1.82) is 0 Å². The van der Waals surface area contributed by atoms with Crippen molar-refractivity contribution in [3.8, 4) is 0 Å². The summed E-state index contributed by atoms with van der Waals surface area (Å²) in [5.74, 6) is 0. The second-order valence-electron chi connectivity index (χ2n) is 1.44. The van der Waals surface area contributed by atoms with Gasteiger partial charge in [-0.2, -0.15) is 0 Å². The molecular formula is C6H9ClO. The number of aliphatic hydroxyl groups is 1. The van der Waals surface area contributed by atoms with E-state index in [1.807, 2.05) is 0 Å². The molecule has 0 rings (SSSR count). The molecule has 0 aromatic carbocycles. The van der Waals surface area contributed by atoms with E-state index in [9.17, 15) is 0 Å². The summed E-state index contributed by atoms with van der Waals surface area (Å²) in [6.45, 7) is 1.68. The summed E-state index contributed by atoms with van der Waals surface area (Å²) < 4.78 is 0. The Kier molecular flexibility index (Phi) is 4.71. The summed E-state index contributed by atoms with van der Waals surface area (Å²) in [6.07, 6.45) is 4.59. The average Bonchev–Trinajstić information content (AvgIpc) is 1.66. The van der Waals surface area contributed by atoms with Crippen LogP contribution in [0.1, 0.15) is 6.92 Å². The van der Waals surface area contributed by atoms with Crippen LogP contribution in [0.25, 0.3) is 0 Å². The van der Waals surface area contributed by atoms with Crippen LogP contribution < -0.4 is 0 Å². The predicted octanol–water partition coefficient (Wildman–Crippen LogP) is 1.68. The summed E-state index contributed by atoms with van der Waals surface area (Å²) in [6, 6.07) is 0. The van der Waals surface area contributed by atoms with Gasteiger partial charge in [-0.15, -0.1) is 0 Å². The fourth-order valence-corrected chi connectivity index (χ4v) is 0.351. The monoisotopic (exact) mass is 132 g/mol. The summed E-state index contributed by atoms with van der Waals surface area (Å²) in [5, 5.41) is 8.62. The van der Waals surface area contributed by atoms with Gasteiger partial charge in [-0.05, 0) is 6.92 Å². The topological polar surface area (TPSA) is 20.2 Å². The van der Waals surface area contributed by atoms with Gasteiger partial charge in [0.15, 0.2) is 0 Å². The van der Waals surface area contributed by atoms with Crippen LogP contribution in [-0.4, -0.2) is 11.2 Å². The summed E-state index contributed by atoms with van der Waals surface area (Å²) >= 11 is 5.17. The van der Waals surface area contributed by atoms with Crippen LogP contribution in [0.5, 0.6) is 0 Å². The van der Waals surface area contributed by atoms with Crippen LogP contribution in [0.2, 0.25) is 0 Å². The highest BCUT2D eigenvalue weighted by molar-refractivity contribution is 6.25. The van der Waals surface area contributed by atoms with E-state index in [0.29, 0.717) is 0 Å². The number of halogens is 1. The number of hydrogen-bond acceptors (Lipinski definition) is 1. The molecule has 46 valence electrons. The van der Waals surface area contributed by atoms with Gasteiger partial charge in [0.2, 0.25) is 0 Å². The van der Waals surface area contributed by atoms with E-state index in [-0.39, 0.29) is 6.10 Å². The van der Waals surface area contributed by atoms with Gasteiger partial charge in [0.05, 0.1) is 6.10 Å². The molecule has 0 aromatic heterocycles. The Morgan fingerprint density at radius 1 is 1.50 bits per heavy atom. The molecule has 0 aliphatic heterocycles. The molecule has 2 heteroatoms. The van der Waals surface area contributed by atoms with Crippen molar-refractivity contribution >= 4 is 11.6 Å². The number of rotatable bonds is 2. The van der Waals surface area contributed by atoms with Crippen molar-refractivity contribution in [2.75, 3.05) is 0 Å². The van der Waals surface area contributed by atoms with Crippen LogP contribution in [0.4, 0.5) is 0 Å². The van der Waals surface area contributed by atoms with Gasteiger partial charge in [-0.1, -0.05) is 29.8 Å². The molecular weight excluding hydrogens is 124 g/mol. The lowest BCUT2D eigenvalue weighted by Gasteiger charge is -1.87. The molecule has 0 aliphatic rings. The maximum absolute atomic E-state index is 8.62. The zero-order valence-electron chi connectivity index (χ0n) is 4.71. The highest BCUT2D eigenvalue weighted by Crippen LogP contribution is 1.84. The summed E-state index contributed by atoms with van der Waals surface area (Å²) in [5.41, 5.74) is 1.39. The van der Waals surface area contributed by atoms with Crippen LogP contribution in [0, 0.1) is 0 Å². The van der Waals surface area contributed by atoms with Crippen LogP contribution >= 0.6 is 11.6 Å². The minimum Gasteiger partial charge on any atom is -0.389 e. The van der Waals surface area contributed by atoms with Crippen molar-refractivity contribution in [1.82, 2.24) is 0 Å². The SMILES string of the molecule is CC(O)/C=C/C=C\Cl. The molecule has 0 aromatic rings. The predicted molar refractivity (Wildman–Crippen MR) is 35.8 cm³/mol. The molecule has 0 fully saturated rings. The van der Waals surface area contributed by atoms with Crippen LogP contribution in [0.15, 0.2) is 23.8 Å². The van der Waals surface area contributed by atoms with Gasteiger partial charge in [0.25, 0.3) is 0 Å². The van der Waals surface area contributed by atoms with E-state index >= 15 is 0 Å². The highest BCUT2D eigenvalue weighted by Gasteiger charge is 1.79. The lowest BCUT2D eigenvalue weighted by molar-refractivity contribution is 0.244. The standard InChI is InChI=1S/C6H9ClO/c1-6(8)4-2-3-5-7/h2-6,8H,1H3/b4-2+,5-3-. The van der Waals surface area contributed by atoms with Crippen LogP contribution in [-0.2, 0) is 0 Å². The molecule has 1 atom stereocenters. The normalized spacial score (nSPS) is 15.9. The zero-order valence-corrected chi connectivity index (χ0v) is 5.47. The number of allylic oxidation sites excluding steroid dienone is 2. The smallest absolute Gasteiger partial charge is 0.0695 e. The molecule has 0 saturated carbocycles. The fourth-order valence-electron chi connectivity index (χ4n) is 0.267. The van der Waals surface area contributed by atoms with Gasteiger partial charge in [-0.3, -0.25) is 0 Å². The molecule has 8 heavy (non-hydrogen) atoms. The largest absolute Gasteiger partial charge is 0.389 e. The fraction of sp³-hybridized carbons (Fsp3) is 0.333. The van der Waals surface area contributed by atoms with E-state index in [4.69, 9.17) is 16.7 Å². The molecule has 1 nitrogen and oxygen atoms in total. The summed E-state index contributed by atoms with van der Waals surface area (Å²) in [7, 11) is 0. The third-order valence-electron chi connectivity index (χ3n) is 0.573. The maximum atomic E-state index is 8.62. The number of hydrogen-bond donors (Lipinski definition) is 1. The lowest BCUT2D eigenvalue weighted by Crippen LogP contribution is -1.90. The molecule has 0 saturated heterocycles. The third-order valence-corrected chi connectivity index (χ3v) is 0.719. The quantitative estimate of drug-likeness (QED) is 0.567. The van der Waals surface area contributed by atoms with E-state index in [0.717, 1.165) is 0 Å². The first-order valence-electron chi connectivity index (χ1n) is 2.39. The van der Waals surface area contributed by atoms with Crippen molar-refractivity contribution in [3.63, 3.8) is 0 Å². The van der Waals surface area contributed by atoms with Crippen LogP contribution in [0.3, 0.4) is 0 Å². The van der Waals surface area contributed by atoms with Crippen molar-refractivity contribution < 1.29 is 5.11 Å². The second kappa shape index (κ2) is 4.88. The highest BCUT2D eigenvalue weighted by atomic mass is 35.5. The minimum atomic E-state index is -0.386. The van der Waals surface area contributed by atoms with Gasteiger partial charge in [0, 0.05) is 5.54 Å². The Bertz CT molecular complexity index is 94.7. The van der Waals surface area contributed by atoms with E-state index in [2.05, 4.69) is 0 Å². The first kappa shape index (κ1) is 7.73. The Morgan fingerprint density at radius 2 is 2.12 bits per heavy atom. The number of aliphatic hydroxyl groups excluding tert-OH is 1. The molecule has 0 spiro atoms. The average molecular weight is 133 g/mol. The molecule has 0 aliphatic carbocycles. The van der Waals surface area contributed by atoms with E-state index < -0.39 is 0 Å². The van der Waals surface area contributed by atoms with Gasteiger partial charge in [0.1, 0.15) is 0 Å². The molecule has 1 N–H and O–H groups in total. The van der Waals surface area contributed by atoms with Gasteiger partial charge in [-0.25, -0.2) is 0 Å². The first-order valence-corrected chi connectivity index (χ1v) is 2.82. The van der Waals surface area contributed by atoms with Gasteiger partial charge < -0.3 is 5.11 Å². The Hall–Kier alpha value is -0.270. The maximum Gasteiger partial charge on any atom is 0.0695 e. The Balaban J connectivity index is 3.34. The Morgan fingerprint density at radius 3 is 2.50 bits per heavy atom. The van der Waals surface area contributed by atoms with Gasteiger partial charge >= 0.3 is 0 Å². The van der Waals surface area contributed by atoms with E-state index in [1.54, 1.807) is 25.2 Å². The molecule has 0 heterocycles. The third kappa shape index (κ3) is 5.73. The zero-order chi connectivity index (χ0) is 6.41.